The van der Waals surface area contributed by atoms with Crippen LogP contribution in [-0.2, 0) is 6.42 Å². The number of aryl methyl sites for hydroxylation is 2. The summed E-state index contributed by atoms with van der Waals surface area (Å²) in [6.07, 6.45) is 5.22. The van der Waals surface area contributed by atoms with Crippen LogP contribution in [0.3, 0.4) is 0 Å². The summed E-state index contributed by atoms with van der Waals surface area (Å²) in [4.78, 5) is 0.716. The Kier molecular flexibility index (Phi) is 3.73. The quantitative estimate of drug-likeness (QED) is 0.701. The van der Waals surface area contributed by atoms with Gasteiger partial charge in [0.2, 0.25) is 0 Å². The van der Waals surface area contributed by atoms with E-state index in [-0.39, 0.29) is 0 Å². The molecule has 0 bridgehead atoms. The van der Waals surface area contributed by atoms with E-state index in [1.54, 1.807) is 0 Å². The van der Waals surface area contributed by atoms with Crippen LogP contribution < -0.4 is 0 Å². The lowest BCUT2D eigenvalue weighted by Crippen LogP contribution is -2.02. The average Bonchev–Trinajstić information content (AvgIpc) is 3.03. The lowest BCUT2D eigenvalue weighted by Gasteiger charge is -2.08. The van der Waals surface area contributed by atoms with Gasteiger partial charge in [-0.05, 0) is 55.7 Å². The second-order valence-electron chi connectivity index (χ2n) is 4.48. The van der Waals surface area contributed by atoms with Gasteiger partial charge in [-0.3, -0.25) is 0 Å². The number of benzene rings is 1. The first-order valence-electron chi connectivity index (χ1n) is 5.56. The zero-order chi connectivity index (χ0) is 10.8. The summed E-state index contributed by atoms with van der Waals surface area (Å²) in [6.45, 7) is 2.07. The van der Waals surface area contributed by atoms with Crippen molar-refractivity contribution in [1.29, 1.82) is 0 Å². The maximum atomic E-state index is 5.99. The van der Waals surface area contributed by atoms with Gasteiger partial charge in [0.15, 0.2) is 0 Å². The molecular weight excluding hydrogens is 272 g/mol. The third-order valence-electron chi connectivity index (χ3n) is 3.06. The van der Waals surface area contributed by atoms with E-state index in [1.807, 2.05) is 6.07 Å². The number of alkyl halides is 1. The molecule has 1 saturated carbocycles. The van der Waals surface area contributed by atoms with E-state index in [1.165, 1.54) is 30.4 Å². The minimum atomic E-state index is 0.716. The summed E-state index contributed by atoms with van der Waals surface area (Å²) in [7, 11) is 0. The van der Waals surface area contributed by atoms with Crippen molar-refractivity contribution < 1.29 is 0 Å². The van der Waals surface area contributed by atoms with Crippen molar-refractivity contribution in [3.05, 3.63) is 34.3 Å². The summed E-state index contributed by atoms with van der Waals surface area (Å²) < 4.78 is 0. The van der Waals surface area contributed by atoms with Gasteiger partial charge in [-0.2, -0.15) is 0 Å². The third kappa shape index (κ3) is 3.22. The van der Waals surface area contributed by atoms with Crippen LogP contribution in [0.4, 0.5) is 0 Å². The van der Waals surface area contributed by atoms with Gasteiger partial charge in [-0.25, -0.2) is 0 Å². The van der Waals surface area contributed by atoms with Gasteiger partial charge in [0.25, 0.3) is 0 Å². The van der Waals surface area contributed by atoms with Crippen LogP contribution in [0.15, 0.2) is 18.2 Å². The summed E-state index contributed by atoms with van der Waals surface area (Å²) in [5.41, 5.74) is 2.59. The van der Waals surface area contributed by atoms with E-state index >= 15 is 0 Å². The normalized spacial score (nSPS) is 17.8. The van der Waals surface area contributed by atoms with E-state index in [0.29, 0.717) is 4.83 Å². The molecule has 1 fully saturated rings. The Morgan fingerprint density at radius 2 is 2.20 bits per heavy atom. The fourth-order valence-electron chi connectivity index (χ4n) is 1.86. The number of hydrogen-bond donors (Lipinski definition) is 0. The molecule has 1 unspecified atom stereocenters. The van der Waals surface area contributed by atoms with Crippen LogP contribution in [0.25, 0.3) is 0 Å². The summed E-state index contributed by atoms with van der Waals surface area (Å²) in [5, 5.41) is 0.872. The molecule has 15 heavy (non-hydrogen) atoms. The van der Waals surface area contributed by atoms with Gasteiger partial charge < -0.3 is 0 Å². The lowest BCUT2D eigenvalue weighted by atomic mass is 10.0. The maximum Gasteiger partial charge on any atom is 0.0435 e. The molecule has 1 aromatic rings. The van der Waals surface area contributed by atoms with E-state index in [9.17, 15) is 0 Å². The van der Waals surface area contributed by atoms with Gasteiger partial charge in [-0.15, -0.1) is 0 Å². The number of hydrogen-bond acceptors (Lipinski definition) is 0. The first-order chi connectivity index (χ1) is 7.16. The molecule has 82 valence electrons. The standard InChI is InChI=1S/C13H16BrCl/c1-9-8-10(3-7-13(9)15)2-6-12(14)11-4-5-11/h3,7-8,11-12H,2,4-6H2,1H3. The Balaban J connectivity index is 1.89. The largest absolute Gasteiger partial charge is 0.0888 e. The topological polar surface area (TPSA) is 0 Å². The fraction of sp³-hybridized carbons (Fsp3) is 0.538. The highest BCUT2D eigenvalue weighted by molar-refractivity contribution is 9.09. The highest BCUT2D eigenvalue weighted by atomic mass is 79.9. The average molecular weight is 288 g/mol. The number of rotatable bonds is 4. The maximum absolute atomic E-state index is 5.99. The SMILES string of the molecule is Cc1cc(CCC(Br)C2CC2)ccc1Cl. The molecule has 0 nitrogen and oxygen atoms in total. The van der Waals surface area contributed by atoms with Crippen LogP contribution in [0, 0.1) is 12.8 Å². The van der Waals surface area contributed by atoms with Crippen LogP contribution in [0.2, 0.25) is 5.02 Å². The molecule has 1 atom stereocenters. The highest BCUT2D eigenvalue weighted by Crippen LogP contribution is 2.38. The van der Waals surface area contributed by atoms with Gasteiger partial charge in [0.1, 0.15) is 0 Å². The highest BCUT2D eigenvalue weighted by Gasteiger charge is 2.28. The van der Waals surface area contributed by atoms with Crippen molar-refractivity contribution in [3.8, 4) is 0 Å². The summed E-state index contributed by atoms with van der Waals surface area (Å²) in [6, 6.07) is 6.35. The molecule has 1 aliphatic carbocycles. The molecule has 0 heterocycles. The minimum Gasteiger partial charge on any atom is -0.0888 e. The zero-order valence-corrected chi connectivity index (χ0v) is 11.3. The first kappa shape index (κ1) is 11.5. The molecular formula is C13H16BrCl. The van der Waals surface area contributed by atoms with E-state index < -0.39 is 0 Å². The Morgan fingerprint density at radius 3 is 2.80 bits per heavy atom. The molecule has 0 aromatic heterocycles. The van der Waals surface area contributed by atoms with E-state index in [0.717, 1.165) is 17.4 Å². The fourth-order valence-corrected chi connectivity index (χ4v) is 2.74. The third-order valence-corrected chi connectivity index (χ3v) is 4.69. The Bertz CT molecular complexity index is 344. The summed E-state index contributed by atoms with van der Waals surface area (Å²) in [5.74, 6) is 0.943. The Hall–Kier alpha value is -0.0100. The molecule has 1 aliphatic rings. The van der Waals surface area contributed by atoms with Crippen molar-refractivity contribution in [1.82, 2.24) is 0 Å². The van der Waals surface area contributed by atoms with Gasteiger partial charge in [0.05, 0.1) is 0 Å². The smallest absolute Gasteiger partial charge is 0.0435 e. The van der Waals surface area contributed by atoms with Crippen LogP contribution >= 0.6 is 27.5 Å². The van der Waals surface area contributed by atoms with Crippen molar-refractivity contribution >= 4 is 27.5 Å². The zero-order valence-electron chi connectivity index (χ0n) is 8.97. The van der Waals surface area contributed by atoms with Crippen LogP contribution in [-0.4, -0.2) is 4.83 Å². The molecule has 2 rings (SSSR count). The van der Waals surface area contributed by atoms with Crippen LogP contribution in [0.5, 0.6) is 0 Å². The van der Waals surface area contributed by atoms with Crippen molar-refractivity contribution in [3.63, 3.8) is 0 Å². The summed E-state index contributed by atoms with van der Waals surface area (Å²) >= 11 is 9.76. The molecule has 0 radical (unpaired) electrons. The molecule has 0 aliphatic heterocycles. The Labute approximate surface area is 105 Å². The monoisotopic (exact) mass is 286 g/mol. The second kappa shape index (κ2) is 4.88. The van der Waals surface area contributed by atoms with Gasteiger partial charge in [-0.1, -0.05) is 39.7 Å². The van der Waals surface area contributed by atoms with Gasteiger partial charge >= 0.3 is 0 Å². The van der Waals surface area contributed by atoms with Crippen molar-refractivity contribution in [2.75, 3.05) is 0 Å². The molecule has 0 N–H and O–H groups in total. The second-order valence-corrected chi connectivity index (χ2v) is 6.06. The van der Waals surface area contributed by atoms with Gasteiger partial charge in [0, 0.05) is 9.85 Å². The van der Waals surface area contributed by atoms with Crippen LogP contribution in [0.1, 0.15) is 30.4 Å². The van der Waals surface area contributed by atoms with E-state index in [4.69, 9.17) is 11.6 Å². The molecule has 0 saturated heterocycles. The molecule has 2 heteroatoms. The predicted molar refractivity (Wildman–Crippen MR) is 69.9 cm³/mol. The first-order valence-corrected chi connectivity index (χ1v) is 6.85. The Morgan fingerprint density at radius 1 is 1.47 bits per heavy atom. The van der Waals surface area contributed by atoms with E-state index in [2.05, 4.69) is 35.0 Å². The van der Waals surface area contributed by atoms with Crippen molar-refractivity contribution in [2.45, 2.75) is 37.4 Å². The molecule has 0 spiro atoms. The van der Waals surface area contributed by atoms with Crippen molar-refractivity contribution in [2.24, 2.45) is 5.92 Å². The predicted octanol–water partition coefficient (Wildman–Crippen LogP) is 4.75. The number of halogens is 2. The molecule has 1 aromatic carbocycles. The molecule has 0 amide bonds. The lowest BCUT2D eigenvalue weighted by molar-refractivity contribution is 0.696. The minimum absolute atomic E-state index is 0.716.